The topological polar surface area (TPSA) is 20.2 Å². The SMILES string of the molecule is CC(C)C(C)(F)C(F)(F)F.CO. The van der Waals surface area contributed by atoms with Crippen LogP contribution in [0.5, 0.6) is 0 Å². The van der Waals surface area contributed by atoms with Crippen molar-refractivity contribution in [2.45, 2.75) is 32.6 Å². The summed E-state index contributed by atoms with van der Waals surface area (Å²) < 4.78 is 47.7. The summed E-state index contributed by atoms with van der Waals surface area (Å²) in [4.78, 5) is 0. The molecular weight excluding hydrogens is 176 g/mol. The summed E-state index contributed by atoms with van der Waals surface area (Å²) in [7, 11) is 1.00. The molecule has 0 amide bonds. The molecule has 1 N–H and O–H groups in total. The van der Waals surface area contributed by atoms with Crippen molar-refractivity contribution >= 4 is 0 Å². The molecule has 0 saturated heterocycles. The fourth-order valence-corrected chi connectivity index (χ4v) is 0.327. The molecule has 0 spiro atoms. The van der Waals surface area contributed by atoms with Crippen molar-refractivity contribution in [2.24, 2.45) is 5.92 Å². The van der Waals surface area contributed by atoms with E-state index in [4.69, 9.17) is 5.11 Å². The van der Waals surface area contributed by atoms with Crippen molar-refractivity contribution in [1.29, 1.82) is 0 Å². The van der Waals surface area contributed by atoms with Gasteiger partial charge in [-0.2, -0.15) is 13.2 Å². The van der Waals surface area contributed by atoms with Gasteiger partial charge in [-0.15, -0.1) is 0 Å². The molecule has 1 atom stereocenters. The highest BCUT2D eigenvalue weighted by Crippen LogP contribution is 2.38. The van der Waals surface area contributed by atoms with Gasteiger partial charge in [-0.25, -0.2) is 4.39 Å². The Bertz CT molecular complexity index is 117. The summed E-state index contributed by atoms with van der Waals surface area (Å²) in [5, 5.41) is 7.00. The Hall–Kier alpha value is -0.320. The predicted molar refractivity (Wildman–Crippen MR) is 38.5 cm³/mol. The average Bonchev–Trinajstić information content (AvgIpc) is 1.89. The van der Waals surface area contributed by atoms with E-state index in [1.54, 1.807) is 0 Å². The second kappa shape index (κ2) is 4.64. The molecule has 0 aliphatic heterocycles. The number of halogens is 4. The first kappa shape index (κ1) is 14.2. The molecule has 0 aromatic heterocycles. The molecule has 0 aliphatic rings. The highest BCUT2D eigenvalue weighted by atomic mass is 19.4. The van der Waals surface area contributed by atoms with Gasteiger partial charge in [0.2, 0.25) is 5.67 Å². The molecule has 0 fully saturated rings. The van der Waals surface area contributed by atoms with E-state index in [1.807, 2.05) is 0 Å². The third-order valence-electron chi connectivity index (χ3n) is 1.64. The minimum atomic E-state index is -4.75. The molecule has 0 heterocycles. The highest BCUT2D eigenvalue weighted by Gasteiger charge is 2.53. The van der Waals surface area contributed by atoms with Gasteiger partial charge in [0.05, 0.1) is 0 Å². The number of alkyl halides is 4. The number of aliphatic hydroxyl groups excluding tert-OH is 1. The van der Waals surface area contributed by atoms with Crippen LogP contribution in [0.15, 0.2) is 0 Å². The first-order valence-electron chi connectivity index (χ1n) is 3.40. The van der Waals surface area contributed by atoms with Crippen LogP contribution < -0.4 is 0 Å². The average molecular weight is 190 g/mol. The van der Waals surface area contributed by atoms with Crippen LogP contribution in [0.1, 0.15) is 20.8 Å². The van der Waals surface area contributed by atoms with Gasteiger partial charge in [0.1, 0.15) is 0 Å². The Morgan fingerprint density at radius 1 is 1.00 bits per heavy atom. The van der Waals surface area contributed by atoms with Gasteiger partial charge in [-0.3, -0.25) is 0 Å². The molecule has 0 aromatic carbocycles. The molecule has 0 aromatic rings. The summed E-state index contributed by atoms with van der Waals surface area (Å²) in [5.74, 6) is -1.03. The highest BCUT2D eigenvalue weighted by molar-refractivity contribution is 4.84. The van der Waals surface area contributed by atoms with Gasteiger partial charge in [0, 0.05) is 7.11 Å². The van der Waals surface area contributed by atoms with Crippen molar-refractivity contribution in [3.8, 4) is 0 Å². The quantitative estimate of drug-likeness (QED) is 0.630. The van der Waals surface area contributed by atoms with Gasteiger partial charge in [-0.05, 0) is 12.8 Å². The van der Waals surface area contributed by atoms with Crippen LogP contribution in [0.3, 0.4) is 0 Å². The lowest BCUT2D eigenvalue weighted by molar-refractivity contribution is -0.237. The Morgan fingerprint density at radius 2 is 1.25 bits per heavy atom. The summed E-state index contributed by atoms with van der Waals surface area (Å²) in [6.07, 6.45) is -4.75. The Balaban J connectivity index is 0. The standard InChI is InChI=1S/C6H10F4.CH4O/c1-4(2)5(3,7)6(8,9)10;1-2/h4H,1-3H3;2H,1H3. The minimum absolute atomic E-state index is 0.553. The maximum absolute atomic E-state index is 12.6. The van der Waals surface area contributed by atoms with E-state index in [1.165, 1.54) is 13.8 Å². The fourth-order valence-electron chi connectivity index (χ4n) is 0.327. The summed E-state index contributed by atoms with van der Waals surface area (Å²) in [5.41, 5.74) is -3.06. The third kappa shape index (κ3) is 3.38. The van der Waals surface area contributed by atoms with Crippen molar-refractivity contribution in [3.63, 3.8) is 0 Å². The molecule has 0 rings (SSSR count). The molecule has 0 bridgehead atoms. The van der Waals surface area contributed by atoms with Gasteiger partial charge >= 0.3 is 6.18 Å². The van der Waals surface area contributed by atoms with Crippen molar-refractivity contribution in [3.05, 3.63) is 0 Å². The van der Waals surface area contributed by atoms with Gasteiger partial charge < -0.3 is 5.11 Å². The molecular formula is C7H14F4O. The maximum Gasteiger partial charge on any atom is 0.422 e. The van der Waals surface area contributed by atoms with Gasteiger partial charge in [0.25, 0.3) is 0 Å². The van der Waals surface area contributed by atoms with E-state index in [9.17, 15) is 17.6 Å². The van der Waals surface area contributed by atoms with Crippen LogP contribution >= 0.6 is 0 Å². The van der Waals surface area contributed by atoms with Crippen LogP contribution in [0.4, 0.5) is 17.6 Å². The molecule has 76 valence electrons. The Kier molecular flexibility index (Phi) is 5.50. The van der Waals surface area contributed by atoms with E-state index in [0.717, 1.165) is 7.11 Å². The number of hydrogen-bond donors (Lipinski definition) is 1. The second-order valence-electron chi connectivity index (χ2n) is 2.73. The molecule has 0 aliphatic carbocycles. The van der Waals surface area contributed by atoms with Crippen LogP contribution in [-0.2, 0) is 0 Å². The first-order chi connectivity index (χ1) is 5.19. The van der Waals surface area contributed by atoms with Crippen molar-refractivity contribution in [1.82, 2.24) is 0 Å². The largest absolute Gasteiger partial charge is 0.422 e. The first-order valence-corrected chi connectivity index (χ1v) is 3.40. The zero-order valence-corrected chi connectivity index (χ0v) is 7.54. The summed E-state index contributed by atoms with van der Waals surface area (Å²) in [6, 6.07) is 0. The van der Waals surface area contributed by atoms with E-state index >= 15 is 0 Å². The molecule has 12 heavy (non-hydrogen) atoms. The lowest BCUT2D eigenvalue weighted by Crippen LogP contribution is -2.42. The second-order valence-corrected chi connectivity index (χ2v) is 2.73. The van der Waals surface area contributed by atoms with Gasteiger partial charge in [0.15, 0.2) is 0 Å². The summed E-state index contributed by atoms with van der Waals surface area (Å²) >= 11 is 0. The lowest BCUT2D eigenvalue weighted by Gasteiger charge is -2.26. The smallest absolute Gasteiger partial charge is 0.400 e. The number of hydrogen-bond acceptors (Lipinski definition) is 1. The van der Waals surface area contributed by atoms with E-state index in [2.05, 4.69) is 0 Å². The Labute approximate surface area is 69.4 Å². The predicted octanol–water partition coefficient (Wildman–Crippen LogP) is 2.54. The van der Waals surface area contributed by atoms with E-state index < -0.39 is 17.8 Å². The molecule has 0 radical (unpaired) electrons. The monoisotopic (exact) mass is 190 g/mol. The zero-order chi connectivity index (χ0) is 10.6. The van der Waals surface area contributed by atoms with Gasteiger partial charge in [-0.1, -0.05) is 13.8 Å². The molecule has 0 saturated carbocycles. The van der Waals surface area contributed by atoms with Crippen LogP contribution in [0.2, 0.25) is 0 Å². The number of aliphatic hydroxyl groups is 1. The minimum Gasteiger partial charge on any atom is -0.400 e. The van der Waals surface area contributed by atoms with Crippen LogP contribution in [0, 0.1) is 5.92 Å². The zero-order valence-electron chi connectivity index (χ0n) is 7.54. The maximum atomic E-state index is 12.6. The Morgan fingerprint density at radius 3 is 1.25 bits per heavy atom. The third-order valence-corrected chi connectivity index (χ3v) is 1.64. The van der Waals surface area contributed by atoms with Crippen LogP contribution in [0.25, 0.3) is 0 Å². The fraction of sp³-hybridized carbons (Fsp3) is 1.00. The normalized spacial score (nSPS) is 16.5. The molecule has 1 nitrogen and oxygen atoms in total. The van der Waals surface area contributed by atoms with Crippen LogP contribution in [-0.4, -0.2) is 24.1 Å². The summed E-state index contributed by atoms with van der Waals surface area (Å²) in [6.45, 7) is 2.96. The molecule has 1 unspecified atom stereocenters. The molecule has 5 heteroatoms. The lowest BCUT2D eigenvalue weighted by atomic mass is 9.94. The van der Waals surface area contributed by atoms with E-state index in [-0.39, 0.29) is 0 Å². The van der Waals surface area contributed by atoms with Crippen molar-refractivity contribution < 1.29 is 22.7 Å². The van der Waals surface area contributed by atoms with E-state index in [0.29, 0.717) is 6.92 Å². The number of rotatable bonds is 1. The van der Waals surface area contributed by atoms with Crippen molar-refractivity contribution in [2.75, 3.05) is 7.11 Å².